The molecule has 0 aromatic rings. The minimum absolute atomic E-state index is 0. The summed E-state index contributed by atoms with van der Waals surface area (Å²) in [4.78, 5) is 67.5. The minimum Gasteiger partial charge on any atom is -0.786 e. The van der Waals surface area contributed by atoms with E-state index in [1.54, 1.807) is 0 Å². The maximum atomic E-state index is 10.1. The van der Waals surface area contributed by atoms with Gasteiger partial charge in [0.2, 0.25) is 0 Å². The van der Waals surface area contributed by atoms with Gasteiger partial charge in [0.1, 0.15) is 31.6 Å². The van der Waals surface area contributed by atoms with E-state index in [1.165, 1.54) is 0 Å². The first-order valence-electron chi connectivity index (χ1n) is 2.87. The number of hydrogen-bond donors (Lipinski definition) is 0. The maximum absolute atomic E-state index is 10.1. The summed E-state index contributed by atoms with van der Waals surface area (Å²) in [7, 11) is -22.6. The second-order valence-corrected chi connectivity index (χ2v) is 5.17. The molecule has 23 heavy (non-hydrogen) atoms. The second-order valence-electron chi connectivity index (χ2n) is 1.72. The zero-order chi connectivity index (χ0) is 18.0. The molecule has 0 fully saturated rings. The van der Waals surface area contributed by atoms with Gasteiger partial charge in [-0.05, 0) is 0 Å². The van der Waals surface area contributed by atoms with Gasteiger partial charge in [0.05, 0.1) is 0 Å². The molecule has 0 bridgehead atoms. The van der Waals surface area contributed by atoms with Crippen molar-refractivity contribution in [3.05, 3.63) is 0 Å². The third-order valence-corrected chi connectivity index (χ3v) is 0. The first-order chi connectivity index (χ1) is 8.00. The molecular weight excluding hydrogens is 521 g/mol. The summed E-state index contributed by atoms with van der Waals surface area (Å²) in [5, 5.41) is 0. The van der Waals surface area contributed by atoms with Crippen LogP contribution in [-0.4, -0.2) is 0 Å². The van der Waals surface area contributed by atoms with Gasteiger partial charge in [0, 0.05) is 0 Å². The van der Waals surface area contributed by atoms with E-state index in [-0.39, 0.29) is 65.2 Å². The fourth-order valence-electron chi connectivity index (χ4n) is 0. The van der Waals surface area contributed by atoms with E-state index >= 15 is 0 Å². The standard InChI is InChI=1S/4FH2O3P.Mn.Na.V/c4*1-5(2,3)4;;;/h4*(H2,2,3,4);;;/q;;;;+2;+1;+5/p-8. The van der Waals surface area contributed by atoms with E-state index in [0.29, 0.717) is 0 Å². The molecule has 0 aliphatic carbocycles. The van der Waals surface area contributed by atoms with Gasteiger partial charge in [-0.1, -0.05) is 0 Å². The molecule has 0 aliphatic rings. The first kappa shape index (κ1) is 44.7. The normalized spacial score (nSPS) is 10.3. The molecule has 0 atom stereocenters. The van der Waals surface area contributed by atoms with Crippen molar-refractivity contribution in [1.82, 2.24) is 0 Å². The summed E-state index contributed by atoms with van der Waals surface area (Å²) in [6.45, 7) is 0. The molecule has 0 aromatic carbocycles. The molecule has 0 spiro atoms. The van der Waals surface area contributed by atoms with Gasteiger partial charge in [-0.25, -0.2) is 16.8 Å². The number of hydrogen-bond acceptors (Lipinski definition) is 12. The molecule has 0 saturated carbocycles. The third-order valence-electron chi connectivity index (χ3n) is 0. The van der Waals surface area contributed by atoms with Crippen molar-refractivity contribution >= 4 is 31.6 Å². The van der Waals surface area contributed by atoms with Crippen LogP contribution in [0.15, 0.2) is 0 Å². The van der Waals surface area contributed by atoms with Crippen molar-refractivity contribution in [3.8, 4) is 0 Å². The Morgan fingerprint density at radius 1 is 0.478 bits per heavy atom. The molecule has 0 rings (SSSR count). The van der Waals surface area contributed by atoms with Gasteiger partial charge in [-0.3, -0.25) is 0 Å². The molecule has 12 nitrogen and oxygen atoms in total. The Kier molecular flexibility index (Phi) is 37.3. The molecule has 23 heteroatoms. The summed E-state index contributed by atoms with van der Waals surface area (Å²) in [5.41, 5.74) is 0. The first-order valence-corrected chi connectivity index (χ1v) is 8.60. The Balaban J connectivity index is -0.0000000284. The van der Waals surface area contributed by atoms with E-state index in [0.717, 1.165) is 0 Å². The zero-order valence-corrected chi connectivity index (χ0v) is 18.2. The van der Waals surface area contributed by atoms with Crippen LogP contribution in [-0.2, 0) is 53.9 Å². The topological polar surface area (TPSA) is 253 Å². The van der Waals surface area contributed by atoms with Crippen LogP contribution in [0.1, 0.15) is 0 Å². The molecule has 0 unspecified atom stereocenters. The van der Waals surface area contributed by atoms with Crippen molar-refractivity contribution in [1.29, 1.82) is 0 Å². The fraction of sp³-hybridized carbons (Fsp3) is 0. The maximum Gasteiger partial charge on any atom is 5.00 e. The summed E-state index contributed by atoms with van der Waals surface area (Å²) in [6.07, 6.45) is 0. The zero-order valence-electron chi connectivity index (χ0n) is 10.0. The predicted molar refractivity (Wildman–Crippen MR) is 34.9 cm³/mol. The summed E-state index contributed by atoms with van der Waals surface area (Å²) in [5.74, 6) is 0. The quantitative estimate of drug-likeness (QED) is 0.164. The van der Waals surface area contributed by atoms with Gasteiger partial charge in [-0.2, -0.15) is 0 Å². The number of halogens is 4. The van der Waals surface area contributed by atoms with E-state index in [4.69, 9.17) is 57.4 Å². The fourth-order valence-corrected chi connectivity index (χ4v) is 0. The van der Waals surface area contributed by atoms with Crippen LogP contribution in [0.3, 0.4) is 0 Å². The van der Waals surface area contributed by atoms with Crippen molar-refractivity contribution < 1.29 is 139 Å². The second kappa shape index (κ2) is 19.2. The smallest absolute Gasteiger partial charge is 0.786 e. The predicted octanol–water partition coefficient (Wildman–Crippen LogP) is -7.86. The molecule has 0 N–H and O–H groups in total. The Labute approximate surface area is 170 Å². The SMILES string of the molecule is O=P([O-])([O-])F.O=P([O-])([O-])F.O=P([O-])([O-])F.O=P([O-])([O-])F.[Mn+2].[Na+].[V+5]. The Morgan fingerprint density at radius 2 is 0.478 bits per heavy atom. The van der Waals surface area contributed by atoms with E-state index in [2.05, 4.69) is 0 Å². The minimum atomic E-state index is -5.64. The van der Waals surface area contributed by atoms with Crippen molar-refractivity contribution in [2.24, 2.45) is 0 Å². The van der Waals surface area contributed by atoms with Crippen molar-refractivity contribution in [2.45, 2.75) is 0 Å². The molecule has 1 radical (unpaired) electrons. The number of rotatable bonds is 0. The van der Waals surface area contributed by atoms with Crippen LogP contribution in [0.2, 0.25) is 0 Å². The Bertz CT molecular complexity index is 310. The molecule has 0 aliphatic heterocycles. The molecule has 0 heterocycles. The van der Waals surface area contributed by atoms with Crippen LogP contribution in [0.25, 0.3) is 0 Å². The van der Waals surface area contributed by atoms with E-state index in [1.807, 2.05) is 0 Å². The molecule has 0 amide bonds. The Hall–Kier alpha value is 2.42. The van der Waals surface area contributed by atoms with Crippen LogP contribution in [0, 0.1) is 0 Å². The molecule has 0 aromatic heterocycles. The molecule has 133 valence electrons. The van der Waals surface area contributed by atoms with Gasteiger partial charge in [0.25, 0.3) is 0 Å². The van der Waals surface area contributed by atoms with Crippen molar-refractivity contribution in [3.63, 3.8) is 0 Å². The van der Waals surface area contributed by atoms with Gasteiger partial charge in [0.15, 0.2) is 0 Å². The summed E-state index contributed by atoms with van der Waals surface area (Å²) in [6, 6.07) is 0. The van der Waals surface area contributed by atoms with E-state index in [9.17, 15) is 16.8 Å². The van der Waals surface area contributed by atoms with E-state index < -0.39 is 31.6 Å². The van der Waals surface area contributed by atoms with Crippen LogP contribution in [0.5, 0.6) is 0 Å². The van der Waals surface area contributed by atoms with Gasteiger partial charge < -0.3 is 57.4 Å². The Morgan fingerprint density at radius 3 is 0.478 bits per heavy atom. The monoisotopic (exact) mass is 521 g/mol. The largest absolute Gasteiger partial charge is 5.00 e. The summed E-state index contributed by atoms with van der Waals surface area (Å²) < 4.78 is 74.3. The van der Waals surface area contributed by atoms with Crippen LogP contribution < -0.4 is 68.7 Å². The van der Waals surface area contributed by atoms with Crippen molar-refractivity contribution in [2.75, 3.05) is 0 Å². The van der Waals surface area contributed by atoms with Gasteiger partial charge in [-0.15, -0.1) is 0 Å². The average Bonchev–Trinajstić information content (AvgIpc) is 1.62. The van der Waals surface area contributed by atoms with Crippen LogP contribution in [0.4, 0.5) is 16.8 Å². The molecular formula is F4MnNaO12P4V. The summed E-state index contributed by atoms with van der Waals surface area (Å²) >= 11 is 0. The third kappa shape index (κ3) is 2090. The van der Waals surface area contributed by atoms with Gasteiger partial charge >= 0.3 is 65.2 Å². The van der Waals surface area contributed by atoms with Crippen LogP contribution >= 0.6 is 31.6 Å². The molecule has 0 saturated heterocycles. The average molecular weight is 521 g/mol.